The van der Waals surface area contributed by atoms with E-state index in [0.717, 1.165) is 19.0 Å². The molecule has 104 valence electrons. The molecule has 3 heteroatoms. The molecule has 3 nitrogen and oxygen atoms in total. The zero-order valence-electron chi connectivity index (χ0n) is 12.0. The highest BCUT2D eigenvalue weighted by atomic mass is 15.1. The first-order valence-corrected chi connectivity index (χ1v) is 7.93. The minimum atomic E-state index is 0.335. The molecule has 0 spiro atoms. The lowest BCUT2D eigenvalue weighted by Gasteiger charge is -2.35. The lowest BCUT2D eigenvalue weighted by molar-refractivity contribution is 0.296. The van der Waals surface area contributed by atoms with Crippen LogP contribution in [0, 0.1) is 11.3 Å². The predicted molar refractivity (Wildman–Crippen MR) is 76.1 cm³/mol. The molecule has 1 aromatic rings. The molecular weight excluding hydrogens is 234 g/mol. The van der Waals surface area contributed by atoms with Gasteiger partial charge in [0.15, 0.2) is 0 Å². The number of rotatable bonds is 4. The van der Waals surface area contributed by atoms with Gasteiger partial charge >= 0.3 is 0 Å². The summed E-state index contributed by atoms with van der Waals surface area (Å²) in [5.41, 5.74) is 2.49. The maximum Gasteiger partial charge on any atom is 0.0948 e. The van der Waals surface area contributed by atoms with Crippen molar-refractivity contribution < 1.29 is 0 Å². The van der Waals surface area contributed by atoms with E-state index in [1.54, 1.807) is 0 Å². The second kappa shape index (κ2) is 4.08. The van der Waals surface area contributed by atoms with Crippen LogP contribution >= 0.6 is 0 Å². The van der Waals surface area contributed by atoms with Crippen molar-refractivity contribution in [3.8, 4) is 0 Å². The summed E-state index contributed by atoms with van der Waals surface area (Å²) in [6.07, 6.45) is 12.6. The molecule has 0 radical (unpaired) electrons. The minimum absolute atomic E-state index is 0.335. The molecule has 2 heterocycles. The van der Waals surface area contributed by atoms with E-state index >= 15 is 0 Å². The summed E-state index contributed by atoms with van der Waals surface area (Å²) in [7, 11) is 0. The summed E-state index contributed by atoms with van der Waals surface area (Å²) < 4.78 is 2.50. The number of nitrogens with one attached hydrogen (secondary N) is 1. The Labute approximate surface area is 115 Å². The number of piperidine rings is 1. The van der Waals surface area contributed by atoms with Crippen LogP contribution in [0.25, 0.3) is 0 Å². The molecule has 1 N–H and O–H groups in total. The van der Waals surface area contributed by atoms with Crippen molar-refractivity contribution in [2.45, 2.75) is 57.4 Å². The summed E-state index contributed by atoms with van der Waals surface area (Å²) in [5.74, 6) is 1.03. The Balaban J connectivity index is 1.58. The summed E-state index contributed by atoms with van der Waals surface area (Å²) in [6.45, 7) is 5.96. The second-order valence-electron chi connectivity index (χ2n) is 7.35. The van der Waals surface area contributed by atoms with Crippen LogP contribution in [0.1, 0.15) is 51.1 Å². The third kappa shape index (κ3) is 2.03. The van der Waals surface area contributed by atoms with Gasteiger partial charge in [-0.3, -0.25) is 0 Å². The van der Waals surface area contributed by atoms with Crippen molar-refractivity contribution in [3.05, 3.63) is 18.2 Å². The highest BCUT2D eigenvalue weighted by Gasteiger charge is 2.54. The van der Waals surface area contributed by atoms with E-state index in [0.29, 0.717) is 10.8 Å². The van der Waals surface area contributed by atoms with Gasteiger partial charge in [-0.1, -0.05) is 6.92 Å². The summed E-state index contributed by atoms with van der Waals surface area (Å²) in [5, 5.41) is 3.48. The highest BCUT2D eigenvalue weighted by molar-refractivity contribution is 5.17. The van der Waals surface area contributed by atoms with Crippen molar-refractivity contribution in [3.63, 3.8) is 0 Å². The third-order valence-corrected chi connectivity index (χ3v) is 5.86. The van der Waals surface area contributed by atoms with Crippen LogP contribution in [0.2, 0.25) is 0 Å². The number of aromatic nitrogens is 2. The molecule has 0 unspecified atom stereocenters. The highest BCUT2D eigenvalue weighted by Crippen LogP contribution is 2.62. The molecule has 1 aliphatic heterocycles. The maximum absolute atomic E-state index is 4.48. The fraction of sp³-hybridized carbons (Fsp3) is 0.812. The molecule has 1 saturated heterocycles. The molecule has 3 aliphatic rings. The number of hydrogen-bond acceptors (Lipinski definition) is 2. The van der Waals surface area contributed by atoms with Crippen molar-refractivity contribution in [2.24, 2.45) is 11.3 Å². The molecule has 2 saturated carbocycles. The zero-order chi connectivity index (χ0) is 12.9. The Bertz CT molecular complexity index is 462. The lowest BCUT2D eigenvalue weighted by Crippen LogP contribution is -2.39. The van der Waals surface area contributed by atoms with Gasteiger partial charge in [-0.25, -0.2) is 4.98 Å². The monoisotopic (exact) mass is 259 g/mol. The molecule has 0 amide bonds. The van der Waals surface area contributed by atoms with Gasteiger partial charge in [0.1, 0.15) is 0 Å². The average molecular weight is 259 g/mol. The van der Waals surface area contributed by atoms with E-state index in [9.17, 15) is 0 Å². The second-order valence-corrected chi connectivity index (χ2v) is 7.35. The first-order chi connectivity index (χ1) is 9.22. The van der Waals surface area contributed by atoms with E-state index < -0.39 is 0 Å². The standard InChI is InChI=1S/C16H25N3/c1-15(6-8-17-9-7-15)14-10-18-12-19(14)11-16(4-5-16)13-2-3-13/h10,12-13,17H,2-9,11H2,1H3. The van der Waals surface area contributed by atoms with Crippen molar-refractivity contribution in [1.29, 1.82) is 0 Å². The SMILES string of the molecule is CC1(c2cncn2CC2(C3CC3)CC2)CCNCC1. The van der Waals surface area contributed by atoms with Gasteiger partial charge in [0, 0.05) is 23.9 Å². The zero-order valence-corrected chi connectivity index (χ0v) is 12.0. The van der Waals surface area contributed by atoms with Gasteiger partial charge in [0.25, 0.3) is 0 Å². The normalized spacial score (nSPS) is 28.3. The molecule has 3 fully saturated rings. The van der Waals surface area contributed by atoms with Crippen LogP contribution in [0.4, 0.5) is 0 Å². The Morgan fingerprint density at radius 2 is 2.00 bits per heavy atom. The van der Waals surface area contributed by atoms with Gasteiger partial charge in [0.05, 0.1) is 6.33 Å². The summed E-state index contributed by atoms with van der Waals surface area (Å²) >= 11 is 0. The van der Waals surface area contributed by atoms with Crippen LogP contribution < -0.4 is 5.32 Å². The first-order valence-electron chi connectivity index (χ1n) is 7.93. The number of imidazole rings is 1. The van der Waals surface area contributed by atoms with E-state index in [4.69, 9.17) is 0 Å². The predicted octanol–water partition coefficient (Wildman–Crippen LogP) is 2.71. The average Bonchev–Trinajstić information content (AvgIpc) is 3.29. The van der Waals surface area contributed by atoms with Gasteiger partial charge in [-0.2, -0.15) is 0 Å². The van der Waals surface area contributed by atoms with E-state index in [1.165, 1.54) is 50.8 Å². The van der Waals surface area contributed by atoms with Crippen LogP contribution in [-0.2, 0) is 12.0 Å². The number of nitrogens with zero attached hydrogens (tertiary/aromatic N) is 2. The minimum Gasteiger partial charge on any atom is -0.334 e. The van der Waals surface area contributed by atoms with E-state index in [1.807, 2.05) is 0 Å². The van der Waals surface area contributed by atoms with Crippen LogP contribution in [0.5, 0.6) is 0 Å². The van der Waals surface area contributed by atoms with Gasteiger partial charge < -0.3 is 9.88 Å². The first kappa shape index (κ1) is 12.0. The molecule has 1 aromatic heterocycles. The fourth-order valence-electron chi connectivity index (χ4n) is 4.07. The van der Waals surface area contributed by atoms with E-state index in [-0.39, 0.29) is 0 Å². The molecular formula is C16H25N3. The molecule has 0 atom stereocenters. The molecule has 0 aromatic carbocycles. The van der Waals surface area contributed by atoms with Crippen LogP contribution in [0.15, 0.2) is 12.5 Å². The Morgan fingerprint density at radius 3 is 2.63 bits per heavy atom. The summed E-state index contributed by atoms with van der Waals surface area (Å²) in [4.78, 5) is 4.48. The van der Waals surface area contributed by atoms with E-state index in [2.05, 4.69) is 34.3 Å². The topological polar surface area (TPSA) is 29.9 Å². The van der Waals surface area contributed by atoms with Gasteiger partial charge in [-0.15, -0.1) is 0 Å². The Kier molecular flexibility index (Phi) is 2.57. The quantitative estimate of drug-likeness (QED) is 0.901. The largest absolute Gasteiger partial charge is 0.334 e. The van der Waals surface area contributed by atoms with Gasteiger partial charge in [0.2, 0.25) is 0 Å². The molecule has 0 bridgehead atoms. The number of hydrogen-bond donors (Lipinski definition) is 1. The fourth-order valence-corrected chi connectivity index (χ4v) is 4.07. The van der Waals surface area contributed by atoms with Crippen molar-refractivity contribution in [2.75, 3.05) is 13.1 Å². The molecule has 4 rings (SSSR count). The van der Waals surface area contributed by atoms with Crippen LogP contribution in [0.3, 0.4) is 0 Å². The Hall–Kier alpha value is -0.830. The Morgan fingerprint density at radius 1 is 1.26 bits per heavy atom. The molecule has 2 aliphatic carbocycles. The summed E-state index contributed by atoms with van der Waals surface area (Å²) in [6, 6.07) is 0. The molecule has 19 heavy (non-hydrogen) atoms. The van der Waals surface area contributed by atoms with Crippen LogP contribution in [-0.4, -0.2) is 22.6 Å². The van der Waals surface area contributed by atoms with Crippen molar-refractivity contribution >= 4 is 0 Å². The van der Waals surface area contributed by atoms with Gasteiger partial charge in [-0.05, 0) is 62.9 Å². The smallest absolute Gasteiger partial charge is 0.0948 e. The van der Waals surface area contributed by atoms with Crippen molar-refractivity contribution in [1.82, 2.24) is 14.9 Å². The maximum atomic E-state index is 4.48. The lowest BCUT2D eigenvalue weighted by atomic mass is 9.78. The third-order valence-electron chi connectivity index (χ3n) is 5.86.